The van der Waals surface area contributed by atoms with Crippen LogP contribution in [0.5, 0.6) is 0 Å². The molecule has 0 unspecified atom stereocenters. The molecule has 0 spiro atoms. The van der Waals surface area contributed by atoms with Crippen LogP contribution in [0.4, 0.5) is 17.2 Å². The van der Waals surface area contributed by atoms with Gasteiger partial charge in [0.1, 0.15) is 12.0 Å². The lowest BCUT2D eigenvalue weighted by Gasteiger charge is -2.20. The van der Waals surface area contributed by atoms with Gasteiger partial charge in [0.2, 0.25) is 0 Å². The normalized spacial score (nSPS) is 13.3. The van der Waals surface area contributed by atoms with Crippen LogP contribution < -0.4 is 4.90 Å². The van der Waals surface area contributed by atoms with E-state index in [1.165, 1.54) is 6.33 Å². The highest BCUT2D eigenvalue weighted by atomic mass is 35.5. The fraction of sp³-hybridized carbons (Fsp3) is 0.267. The molecule has 0 N–H and O–H groups in total. The molecule has 0 amide bonds. The Bertz CT molecular complexity index is 681. The van der Waals surface area contributed by atoms with E-state index in [-0.39, 0.29) is 0 Å². The molecule has 0 atom stereocenters. The predicted molar refractivity (Wildman–Crippen MR) is 82.7 cm³/mol. The number of rotatable bonds is 2. The molecule has 0 bridgehead atoms. The van der Waals surface area contributed by atoms with Crippen LogP contribution in [0.15, 0.2) is 35.6 Å². The van der Waals surface area contributed by atoms with Crippen LogP contribution in [0.3, 0.4) is 0 Å². The van der Waals surface area contributed by atoms with E-state index < -0.39 is 0 Å². The minimum Gasteiger partial charge on any atom is -0.327 e. The molecule has 0 saturated heterocycles. The summed E-state index contributed by atoms with van der Waals surface area (Å²) in [6, 6.07) is 8.22. The quantitative estimate of drug-likeness (QED) is 0.779. The van der Waals surface area contributed by atoms with Crippen molar-refractivity contribution in [2.24, 2.45) is 4.99 Å². The fourth-order valence-electron chi connectivity index (χ4n) is 2.44. The van der Waals surface area contributed by atoms with E-state index in [0.717, 1.165) is 35.6 Å². The predicted octanol–water partition coefficient (Wildman–Crippen LogP) is 4.13. The first-order valence-electron chi connectivity index (χ1n) is 6.63. The van der Waals surface area contributed by atoms with Crippen LogP contribution in [0.1, 0.15) is 25.3 Å². The summed E-state index contributed by atoms with van der Waals surface area (Å²) >= 11 is 6.20. The van der Waals surface area contributed by atoms with E-state index in [1.807, 2.05) is 24.1 Å². The molecule has 102 valence electrons. The Kier molecular flexibility index (Phi) is 3.40. The van der Waals surface area contributed by atoms with Gasteiger partial charge in [0.05, 0.1) is 11.4 Å². The number of aromatic nitrogens is 2. The van der Waals surface area contributed by atoms with Crippen LogP contribution in [0.2, 0.25) is 5.15 Å². The summed E-state index contributed by atoms with van der Waals surface area (Å²) < 4.78 is 0. The number of para-hydroxylation sites is 1. The number of halogens is 1. The maximum absolute atomic E-state index is 6.20. The summed E-state index contributed by atoms with van der Waals surface area (Å²) in [4.78, 5) is 15.1. The van der Waals surface area contributed by atoms with E-state index >= 15 is 0 Å². The van der Waals surface area contributed by atoms with Gasteiger partial charge in [-0.2, -0.15) is 0 Å². The number of hydrogen-bond acceptors (Lipinski definition) is 4. The Hall–Kier alpha value is -1.94. The third-order valence-corrected chi connectivity index (χ3v) is 3.66. The zero-order chi connectivity index (χ0) is 14.1. The maximum Gasteiger partial charge on any atom is 0.163 e. The second-order valence-electron chi connectivity index (χ2n) is 4.72. The molecule has 0 saturated carbocycles. The van der Waals surface area contributed by atoms with Gasteiger partial charge in [-0.3, -0.25) is 0 Å². The van der Waals surface area contributed by atoms with Gasteiger partial charge in [-0.15, -0.1) is 0 Å². The summed E-state index contributed by atoms with van der Waals surface area (Å²) in [5.41, 5.74) is 3.90. The molecular formula is C15H15ClN4. The Morgan fingerprint density at radius 1 is 1.20 bits per heavy atom. The molecule has 4 nitrogen and oxygen atoms in total. The van der Waals surface area contributed by atoms with Crippen LogP contribution >= 0.6 is 11.6 Å². The molecule has 5 heteroatoms. The molecule has 0 radical (unpaired) electrons. The second-order valence-corrected chi connectivity index (χ2v) is 5.08. The highest BCUT2D eigenvalue weighted by Crippen LogP contribution is 2.40. The first kappa shape index (κ1) is 13.1. The van der Waals surface area contributed by atoms with E-state index in [4.69, 9.17) is 16.6 Å². The summed E-state index contributed by atoms with van der Waals surface area (Å²) in [6.07, 6.45) is 3.40. The fourth-order valence-corrected chi connectivity index (χ4v) is 2.61. The van der Waals surface area contributed by atoms with E-state index in [9.17, 15) is 0 Å². The van der Waals surface area contributed by atoms with Crippen molar-refractivity contribution in [3.8, 4) is 0 Å². The van der Waals surface area contributed by atoms with Crippen molar-refractivity contribution in [1.82, 2.24) is 9.97 Å². The summed E-state index contributed by atoms with van der Waals surface area (Å²) in [5, 5.41) is 0.392. The lowest BCUT2D eigenvalue weighted by molar-refractivity contribution is 0.992. The Balaban J connectivity index is 2.29. The minimum absolute atomic E-state index is 0.392. The molecule has 0 fully saturated rings. The molecular weight excluding hydrogens is 272 g/mol. The first-order chi connectivity index (χ1) is 9.72. The van der Waals surface area contributed by atoms with E-state index in [1.54, 1.807) is 0 Å². The van der Waals surface area contributed by atoms with Gasteiger partial charge in [-0.05, 0) is 12.5 Å². The van der Waals surface area contributed by atoms with Crippen LogP contribution in [0, 0.1) is 0 Å². The topological polar surface area (TPSA) is 41.4 Å². The molecule has 20 heavy (non-hydrogen) atoms. The lowest BCUT2D eigenvalue weighted by Crippen LogP contribution is -2.13. The molecule has 2 heterocycles. The van der Waals surface area contributed by atoms with Crippen molar-refractivity contribution in [1.29, 1.82) is 0 Å². The summed E-state index contributed by atoms with van der Waals surface area (Å²) in [7, 11) is 1.98. The molecule has 1 aliphatic heterocycles. The Morgan fingerprint density at radius 3 is 2.80 bits per heavy atom. The van der Waals surface area contributed by atoms with Crippen LogP contribution in [0.25, 0.3) is 0 Å². The van der Waals surface area contributed by atoms with Gasteiger partial charge in [0.15, 0.2) is 11.0 Å². The second kappa shape index (κ2) is 5.21. The van der Waals surface area contributed by atoms with Crippen molar-refractivity contribution in [3.05, 3.63) is 41.3 Å². The minimum atomic E-state index is 0.392. The van der Waals surface area contributed by atoms with E-state index in [0.29, 0.717) is 10.8 Å². The summed E-state index contributed by atoms with van der Waals surface area (Å²) in [5.74, 6) is 0.739. The van der Waals surface area contributed by atoms with Gasteiger partial charge >= 0.3 is 0 Å². The standard InChI is InChI=1S/C15H15ClN4/c1-3-6-11-10-7-4-5-8-12(10)20(2)15-13(19-11)14(16)17-9-18-15/h4-5,7-9H,3,6H2,1-2H3. The van der Waals surface area contributed by atoms with Crippen LogP contribution in [-0.2, 0) is 0 Å². The highest BCUT2D eigenvalue weighted by molar-refractivity contribution is 6.32. The largest absolute Gasteiger partial charge is 0.327 e. The smallest absolute Gasteiger partial charge is 0.163 e. The number of anilines is 2. The van der Waals surface area contributed by atoms with Crippen molar-refractivity contribution >= 4 is 34.5 Å². The maximum atomic E-state index is 6.20. The van der Waals surface area contributed by atoms with Gasteiger partial charge in [-0.1, -0.05) is 43.1 Å². The van der Waals surface area contributed by atoms with Crippen molar-refractivity contribution in [2.75, 3.05) is 11.9 Å². The van der Waals surface area contributed by atoms with E-state index in [2.05, 4.69) is 29.0 Å². The Morgan fingerprint density at radius 2 is 2.00 bits per heavy atom. The van der Waals surface area contributed by atoms with Crippen molar-refractivity contribution in [2.45, 2.75) is 19.8 Å². The molecule has 3 rings (SSSR count). The van der Waals surface area contributed by atoms with Crippen LogP contribution in [-0.4, -0.2) is 22.7 Å². The number of hydrogen-bond donors (Lipinski definition) is 0. The van der Waals surface area contributed by atoms with Gasteiger partial charge in [0.25, 0.3) is 0 Å². The summed E-state index contributed by atoms with van der Waals surface area (Å²) in [6.45, 7) is 2.14. The molecule has 1 aromatic carbocycles. The molecule has 0 aliphatic carbocycles. The number of fused-ring (bicyclic) bond motifs is 2. The molecule has 1 aliphatic rings. The monoisotopic (exact) mass is 286 g/mol. The van der Waals surface area contributed by atoms with Crippen molar-refractivity contribution in [3.63, 3.8) is 0 Å². The zero-order valence-electron chi connectivity index (χ0n) is 11.5. The Labute approximate surface area is 123 Å². The van der Waals surface area contributed by atoms with Crippen molar-refractivity contribution < 1.29 is 0 Å². The van der Waals surface area contributed by atoms with Gasteiger partial charge in [0, 0.05) is 12.6 Å². The van der Waals surface area contributed by atoms with Gasteiger partial charge in [-0.25, -0.2) is 15.0 Å². The highest BCUT2D eigenvalue weighted by Gasteiger charge is 2.22. The SMILES string of the molecule is CCCC1=Nc2c(Cl)ncnc2N(C)c2ccccc21. The third-order valence-electron chi connectivity index (χ3n) is 3.39. The third kappa shape index (κ3) is 2.06. The molecule has 1 aromatic heterocycles. The zero-order valence-corrected chi connectivity index (χ0v) is 12.2. The average Bonchev–Trinajstić information content (AvgIpc) is 2.58. The number of nitrogens with zero attached hydrogens (tertiary/aromatic N) is 4. The van der Waals surface area contributed by atoms with Gasteiger partial charge < -0.3 is 4.90 Å². The average molecular weight is 287 g/mol. The molecule has 2 aromatic rings. The lowest BCUT2D eigenvalue weighted by atomic mass is 10.0. The number of benzene rings is 1. The first-order valence-corrected chi connectivity index (χ1v) is 7.01. The number of aliphatic imine (C=N–C) groups is 1.